The van der Waals surface area contributed by atoms with Crippen LogP contribution >= 0.6 is 0 Å². The van der Waals surface area contributed by atoms with Gasteiger partial charge in [-0.25, -0.2) is 4.98 Å². The highest BCUT2D eigenvalue weighted by Crippen LogP contribution is 2.19. The van der Waals surface area contributed by atoms with Crippen LogP contribution < -0.4 is 9.64 Å². The smallest absolute Gasteiger partial charge is 0.228 e. The quantitative estimate of drug-likeness (QED) is 0.788. The minimum Gasteiger partial charge on any atom is -0.481 e. The first-order valence-corrected chi connectivity index (χ1v) is 7.76. The van der Waals surface area contributed by atoms with E-state index in [-0.39, 0.29) is 5.92 Å². The fraction of sp³-hybridized carbons (Fsp3) is 0.667. The molecule has 1 aromatic heterocycles. The number of hydrogen-bond donors (Lipinski definition) is 0. The fourth-order valence-corrected chi connectivity index (χ4v) is 3.12. The van der Waals surface area contributed by atoms with E-state index in [9.17, 15) is 4.79 Å². The molecule has 0 saturated carbocycles. The van der Waals surface area contributed by atoms with Gasteiger partial charge in [-0.2, -0.15) is 4.98 Å². The van der Waals surface area contributed by atoms with Gasteiger partial charge in [0.15, 0.2) is 0 Å². The van der Waals surface area contributed by atoms with Gasteiger partial charge in [-0.1, -0.05) is 0 Å². The van der Waals surface area contributed by atoms with Crippen molar-refractivity contribution in [2.75, 3.05) is 58.3 Å². The molecular weight excluding hydrogens is 282 g/mol. The molecule has 2 aliphatic rings. The van der Waals surface area contributed by atoms with Crippen molar-refractivity contribution in [1.82, 2.24) is 19.8 Å². The highest BCUT2D eigenvalue weighted by atomic mass is 16.5. The Bertz CT molecular complexity index is 530. The van der Waals surface area contributed by atoms with E-state index in [1.807, 2.05) is 4.90 Å². The first kappa shape index (κ1) is 15.0. The molecule has 0 bridgehead atoms. The zero-order chi connectivity index (χ0) is 15.5. The van der Waals surface area contributed by atoms with E-state index < -0.39 is 0 Å². The van der Waals surface area contributed by atoms with E-state index in [2.05, 4.69) is 26.8 Å². The summed E-state index contributed by atoms with van der Waals surface area (Å²) in [6.07, 6.45) is 2.68. The monoisotopic (exact) mass is 305 g/mol. The molecule has 1 amide bonds. The third-order valence-corrected chi connectivity index (χ3v) is 4.44. The summed E-state index contributed by atoms with van der Waals surface area (Å²) < 4.78 is 5.14. The van der Waals surface area contributed by atoms with E-state index in [4.69, 9.17) is 4.74 Å². The van der Waals surface area contributed by atoms with Gasteiger partial charge in [0.2, 0.25) is 17.7 Å². The van der Waals surface area contributed by atoms with Crippen molar-refractivity contribution < 1.29 is 9.53 Å². The number of anilines is 1. The standard InChI is InChI=1S/C15H23N5O2/c1-18-6-4-12(11-18)14(21)19-7-9-20(10-8-19)15-16-5-3-13(17-15)22-2/h3,5,12H,4,6-11H2,1-2H3/t12-/m0/s1. The molecule has 3 heterocycles. The van der Waals surface area contributed by atoms with Crippen LogP contribution in [0.1, 0.15) is 6.42 Å². The maximum absolute atomic E-state index is 12.5. The third-order valence-electron chi connectivity index (χ3n) is 4.44. The van der Waals surface area contributed by atoms with Gasteiger partial charge in [0.1, 0.15) is 0 Å². The van der Waals surface area contributed by atoms with Gasteiger partial charge in [0.05, 0.1) is 13.0 Å². The molecule has 2 fully saturated rings. The maximum atomic E-state index is 12.5. The molecule has 0 unspecified atom stereocenters. The highest BCUT2D eigenvalue weighted by molar-refractivity contribution is 5.79. The molecule has 0 radical (unpaired) electrons. The van der Waals surface area contributed by atoms with Crippen molar-refractivity contribution in [2.45, 2.75) is 6.42 Å². The zero-order valence-electron chi connectivity index (χ0n) is 13.2. The molecule has 2 aliphatic heterocycles. The molecule has 22 heavy (non-hydrogen) atoms. The third kappa shape index (κ3) is 3.14. The predicted molar refractivity (Wildman–Crippen MR) is 83.0 cm³/mol. The second kappa shape index (κ2) is 6.48. The maximum Gasteiger partial charge on any atom is 0.228 e. The van der Waals surface area contributed by atoms with Crippen molar-refractivity contribution in [1.29, 1.82) is 0 Å². The number of rotatable bonds is 3. The van der Waals surface area contributed by atoms with Crippen molar-refractivity contribution in [3.05, 3.63) is 12.3 Å². The topological polar surface area (TPSA) is 61.8 Å². The molecule has 0 aliphatic carbocycles. The molecule has 0 N–H and O–H groups in total. The van der Waals surface area contributed by atoms with Crippen LogP contribution in [-0.2, 0) is 4.79 Å². The molecule has 120 valence electrons. The van der Waals surface area contributed by atoms with Crippen LogP contribution in [0.2, 0.25) is 0 Å². The lowest BCUT2D eigenvalue weighted by molar-refractivity contribution is -0.135. The summed E-state index contributed by atoms with van der Waals surface area (Å²) in [7, 11) is 3.67. The Labute approximate surface area is 130 Å². The lowest BCUT2D eigenvalue weighted by Crippen LogP contribution is -2.51. The predicted octanol–water partition coefficient (Wildman–Crippen LogP) is 0.0855. The van der Waals surface area contributed by atoms with Gasteiger partial charge in [-0.3, -0.25) is 4.79 Å². The van der Waals surface area contributed by atoms with Crippen LogP contribution in [0.4, 0.5) is 5.95 Å². The number of carbonyl (C=O) groups excluding carboxylic acids is 1. The Morgan fingerprint density at radius 2 is 2.05 bits per heavy atom. The summed E-state index contributed by atoms with van der Waals surface area (Å²) in [4.78, 5) is 27.5. The van der Waals surface area contributed by atoms with Crippen LogP contribution in [-0.4, -0.2) is 79.1 Å². The number of methoxy groups -OCH3 is 1. The molecule has 2 saturated heterocycles. The molecule has 7 heteroatoms. The average molecular weight is 305 g/mol. The number of hydrogen-bond acceptors (Lipinski definition) is 6. The Kier molecular flexibility index (Phi) is 4.42. The number of piperazine rings is 1. The normalized spacial score (nSPS) is 22.9. The zero-order valence-corrected chi connectivity index (χ0v) is 13.2. The first-order valence-electron chi connectivity index (χ1n) is 7.76. The Balaban J connectivity index is 1.56. The Hall–Kier alpha value is -1.89. The minimum atomic E-state index is 0.171. The van der Waals surface area contributed by atoms with Crippen LogP contribution in [0.25, 0.3) is 0 Å². The van der Waals surface area contributed by atoms with E-state index in [1.165, 1.54) is 0 Å². The first-order chi connectivity index (χ1) is 10.7. The summed E-state index contributed by atoms with van der Waals surface area (Å²) in [5.74, 6) is 1.71. The van der Waals surface area contributed by atoms with Gasteiger partial charge in [-0.15, -0.1) is 0 Å². The molecule has 3 rings (SSSR count). The SMILES string of the molecule is COc1ccnc(N2CCN(C(=O)[C@H]3CCN(C)C3)CC2)n1. The number of nitrogens with zero attached hydrogens (tertiary/aromatic N) is 5. The van der Waals surface area contributed by atoms with E-state index in [1.54, 1.807) is 19.4 Å². The van der Waals surface area contributed by atoms with Crippen LogP contribution in [0, 0.1) is 5.92 Å². The van der Waals surface area contributed by atoms with Gasteiger partial charge >= 0.3 is 0 Å². The molecule has 7 nitrogen and oxygen atoms in total. The van der Waals surface area contributed by atoms with Gasteiger partial charge in [0, 0.05) is 45.0 Å². The van der Waals surface area contributed by atoms with Crippen molar-refractivity contribution >= 4 is 11.9 Å². The summed E-state index contributed by atoms with van der Waals surface area (Å²) in [6.45, 7) is 4.91. The average Bonchev–Trinajstić information content (AvgIpc) is 3.01. The number of aromatic nitrogens is 2. The lowest BCUT2D eigenvalue weighted by atomic mass is 10.1. The molecular formula is C15H23N5O2. The second-order valence-corrected chi connectivity index (χ2v) is 5.96. The van der Waals surface area contributed by atoms with Crippen molar-refractivity contribution in [3.63, 3.8) is 0 Å². The lowest BCUT2D eigenvalue weighted by Gasteiger charge is -2.35. The fourth-order valence-electron chi connectivity index (χ4n) is 3.12. The number of amides is 1. The van der Waals surface area contributed by atoms with E-state index in [0.717, 1.165) is 45.7 Å². The number of carbonyl (C=O) groups is 1. The number of ether oxygens (including phenoxy) is 1. The Morgan fingerprint density at radius 1 is 1.27 bits per heavy atom. The summed E-state index contributed by atoms with van der Waals surface area (Å²) >= 11 is 0. The Morgan fingerprint density at radius 3 is 2.68 bits per heavy atom. The summed E-state index contributed by atoms with van der Waals surface area (Å²) in [5, 5.41) is 0. The van der Waals surface area contributed by atoms with E-state index >= 15 is 0 Å². The largest absolute Gasteiger partial charge is 0.481 e. The summed E-state index contributed by atoms with van der Waals surface area (Å²) in [5.41, 5.74) is 0. The molecule has 1 atom stereocenters. The van der Waals surface area contributed by atoms with Gasteiger partial charge in [-0.05, 0) is 20.0 Å². The van der Waals surface area contributed by atoms with Gasteiger partial charge < -0.3 is 19.4 Å². The minimum absolute atomic E-state index is 0.171. The highest BCUT2D eigenvalue weighted by Gasteiger charge is 2.31. The summed E-state index contributed by atoms with van der Waals surface area (Å²) in [6, 6.07) is 1.74. The molecule has 1 aromatic rings. The molecule has 0 aromatic carbocycles. The molecule has 0 spiro atoms. The van der Waals surface area contributed by atoms with Crippen molar-refractivity contribution in [3.8, 4) is 5.88 Å². The van der Waals surface area contributed by atoms with Crippen LogP contribution in [0.5, 0.6) is 5.88 Å². The van der Waals surface area contributed by atoms with E-state index in [0.29, 0.717) is 17.7 Å². The number of likely N-dealkylation sites (tertiary alicyclic amines) is 1. The van der Waals surface area contributed by atoms with Crippen molar-refractivity contribution in [2.24, 2.45) is 5.92 Å². The van der Waals surface area contributed by atoms with Crippen LogP contribution in [0.3, 0.4) is 0 Å². The van der Waals surface area contributed by atoms with Gasteiger partial charge in [0.25, 0.3) is 0 Å². The second-order valence-electron chi connectivity index (χ2n) is 5.96. The van der Waals surface area contributed by atoms with Crippen LogP contribution in [0.15, 0.2) is 12.3 Å².